The number of hydrogen-bond acceptors (Lipinski definition) is 3. The third-order valence-corrected chi connectivity index (χ3v) is 11.5. The minimum Gasteiger partial charge on any atom is -0.373 e. The molecule has 2 aromatic heterocycles. The predicted octanol–water partition coefficient (Wildman–Crippen LogP) is 14.0. The van der Waals surface area contributed by atoms with Crippen LogP contribution in [-0.2, 0) is 5.41 Å². The molecule has 9 rings (SSSR count). The van der Waals surface area contributed by atoms with E-state index >= 15 is 0 Å². The lowest BCUT2D eigenvalue weighted by atomic mass is 9.83. The van der Waals surface area contributed by atoms with Gasteiger partial charge in [0.2, 0.25) is 5.95 Å². The summed E-state index contributed by atoms with van der Waals surface area (Å²) >= 11 is 0. The Morgan fingerprint density at radius 2 is 1.21 bits per heavy atom. The second kappa shape index (κ2) is 16.4. The van der Waals surface area contributed by atoms with Crippen LogP contribution in [0.5, 0.6) is 0 Å². The molecule has 0 aliphatic carbocycles. The van der Waals surface area contributed by atoms with Crippen molar-refractivity contribution in [1.82, 2.24) is 19.9 Å². The number of para-hydroxylation sites is 1. The summed E-state index contributed by atoms with van der Waals surface area (Å²) in [5, 5.41) is 3.38. The van der Waals surface area contributed by atoms with Crippen LogP contribution in [0.4, 0.5) is 5.95 Å². The number of amidine groups is 1. The molecule has 0 bridgehead atoms. The smallest absolute Gasteiger partial charge is 0.237 e. The van der Waals surface area contributed by atoms with E-state index in [1.54, 1.807) is 0 Å². The average molecular weight is 792 g/mol. The minimum absolute atomic E-state index is 0.125. The van der Waals surface area contributed by atoms with Gasteiger partial charge in [0.05, 0.1) is 22.4 Å². The third-order valence-electron chi connectivity index (χ3n) is 11.5. The molecule has 298 valence electrons. The fraction of sp³-hybridized carbons (Fsp3) is 0.125. The normalized spacial score (nSPS) is 11.9. The van der Waals surface area contributed by atoms with Gasteiger partial charge < -0.3 is 5.32 Å². The maximum absolute atomic E-state index is 5.48. The first-order chi connectivity index (χ1) is 29.7. The fourth-order valence-electron chi connectivity index (χ4n) is 8.36. The maximum Gasteiger partial charge on any atom is 0.237 e. The second-order valence-electron chi connectivity index (χ2n) is 16.7. The molecule has 0 saturated carbocycles. The van der Waals surface area contributed by atoms with Crippen molar-refractivity contribution in [1.29, 1.82) is 0 Å². The molecule has 9 aromatic rings. The van der Waals surface area contributed by atoms with Crippen LogP contribution >= 0.6 is 0 Å². The van der Waals surface area contributed by atoms with E-state index in [9.17, 15) is 0 Å². The third kappa shape index (κ3) is 7.79. The van der Waals surface area contributed by atoms with Crippen molar-refractivity contribution in [3.63, 3.8) is 0 Å². The van der Waals surface area contributed by atoms with E-state index < -0.39 is 0 Å². The minimum atomic E-state index is -0.125. The van der Waals surface area contributed by atoms with Crippen molar-refractivity contribution < 1.29 is 0 Å². The van der Waals surface area contributed by atoms with Gasteiger partial charge in [-0.2, -0.15) is 4.99 Å². The lowest BCUT2D eigenvalue weighted by Crippen LogP contribution is -2.19. The average Bonchev–Trinajstić information content (AvgIpc) is 3.66. The Balaban J connectivity index is 1.29. The number of benzene rings is 7. The Hall–Kier alpha value is -7.37. The van der Waals surface area contributed by atoms with Crippen LogP contribution in [-0.4, -0.2) is 27.4 Å². The molecule has 61 heavy (non-hydrogen) atoms. The van der Waals surface area contributed by atoms with Crippen molar-refractivity contribution in [3.05, 3.63) is 204 Å². The number of aryl methyl sites for hydroxylation is 2. The van der Waals surface area contributed by atoms with Gasteiger partial charge in [0.25, 0.3) is 0 Å². The second-order valence-corrected chi connectivity index (χ2v) is 16.7. The Bertz CT molecular complexity index is 3030. The van der Waals surface area contributed by atoms with E-state index in [1.165, 1.54) is 22.3 Å². The predicted molar refractivity (Wildman–Crippen MR) is 256 cm³/mol. The van der Waals surface area contributed by atoms with Crippen LogP contribution in [0, 0.1) is 13.8 Å². The van der Waals surface area contributed by atoms with Crippen molar-refractivity contribution in [2.24, 2.45) is 4.99 Å². The SMILES string of the molecule is CN/C(=N\c1nc2c(-c3cc(-c4cc(-c5c(C)cccc5C)ccn4)cc(C(C)(C)C)c3)cccc2n1-c1ccc(-c2ccccc2)cc1-c1ccccc1)c1ccccc1. The largest absolute Gasteiger partial charge is 0.373 e. The lowest BCUT2D eigenvalue weighted by Gasteiger charge is -2.22. The summed E-state index contributed by atoms with van der Waals surface area (Å²) in [5.74, 6) is 1.31. The molecule has 0 fully saturated rings. The van der Waals surface area contributed by atoms with Crippen LogP contribution in [0.15, 0.2) is 187 Å². The molecular weight excluding hydrogens is 743 g/mol. The summed E-state index contributed by atoms with van der Waals surface area (Å²) in [4.78, 5) is 15.8. The molecule has 5 heteroatoms. The van der Waals surface area contributed by atoms with Crippen LogP contribution < -0.4 is 5.32 Å². The zero-order valence-corrected chi connectivity index (χ0v) is 35.6. The van der Waals surface area contributed by atoms with E-state index in [4.69, 9.17) is 15.0 Å². The molecule has 0 amide bonds. The summed E-state index contributed by atoms with van der Waals surface area (Å²) in [7, 11) is 1.91. The molecule has 0 radical (unpaired) electrons. The highest BCUT2D eigenvalue weighted by atomic mass is 15.2. The first-order valence-electron chi connectivity index (χ1n) is 20.9. The van der Waals surface area contributed by atoms with Gasteiger partial charge in [0.15, 0.2) is 0 Å². The van der Waals surface area contributed by atoms with Crippen LogP contribution in [0.25, 0.3) is 72.5 Å². The highest BCUT2D eigenvalue weighted by molar-refractivity contribution is 6.02. The number of hydrogen-bond donors (Lipinski definition) is 1. The van der Waals surface area contributed by atoms with Gasteiger partial charge in [-0.15, -0.1) is 0 Å². The number of aromatic nitrogens is 3. The summed E-state index contributed by atoms with van der Waals surface area (Å²) in [5.41, 5.74) is 18.4. The van der Waals surface area contributed by atoms with E-state index in [0.717, 1.165) is 78.3 Å². The number of imidazole rings is 1. The first-order valence-corrected chi connectivity index (χ1v) is 20.9. The van der Waals surface area contributed by atoms with Crippen LogP contribution in [0.3, 0.4) is 0 Å². The van der Waals surface area contributed by atoms with Gasteiger partial charge in [-0.3, -0.25) is 9.55 Å². The summed E-state index contributed by atoms with van der Waals surface area (Å²) in [6.07, 6.45) is 1.94. The standard InChI is InChI=1S/C56H49N5/c1-37-18-16-19-38(2)52(37)43-30-31-58-49(36-43)45-32-44(33-46(34-45)56(3,4)5)47-26-17-27-51-53(47)59-55(60-54(57-6)41-24-14-9-15-25-41)61(51)50-29-28-42(39-20-10-7-11-21-39)35-48(50)40-22-12-8-13-23-40/h7-36H,1-6H3,(H,57,59,60). The molecule has 5 nitrogen and oxygen atoms in total. The fourth-order valence-corrected chi connectivity index (χ4v) is 8.36. The Labute approximate surface area is 359 Å². The van der Waals surface area contributed by atoms with Crippen molar-refractivity contribution >= 4 is 22.8 Å². The monoisotopic (exact) mass is 791 g/mol. The molecule has 0 saturated heterocycles. The quantitative estimate of drug-likeness (QED) is 0.123. The van der Waals surface area contributed by atoms with Gasteiger partial charge in [0, 0.05) is 35.5 Å². The summed E-state index contributed by atoms with van der Waals surface area (Å²) in [6, 6.07) is 62.3. The molecule has 0 unspecified atom stereocenters. The Morgan fingerprint density at radius 3 is 1.90 bits per heavy atom. The molecule has 2 heterocycles. The number of fused-ring (bicyclic) bond motifs is 1. The van der Waals surface area contributed by atoms with Gasteiger partial charge >= 0.3 is 0 Å². The first kappa shape index (κ1) is 39.1. The van der Waals surface area contributed by atoms with Gasteiger partial charge in [-0.25, -0.2) is 4.98 Å². The molecule has 0 aliphatic heterocycles. The summed E-state index contributed by atoms with van der Waals surface area (Å²) in [6.45, 7) is 11.2. The molecule has 7 aromatic carbocycles. The van der Waals surface area contributed by atoms with Crippen molar-refractivity contribution in [3.8, 4) is 61.5 Å². The number of nitrogens with one attached hydrogen (secondary N) is 1. The zero-order valence-electron chi connectivity index (χ0n) is 35.6. The maximum atomic E-state index is 5.48. The van der Waals surface area contributed by atoms with Crippen LogP contribution in [0.2, 0.25) is 0 Å². The number of rotatable bonds is 8. The highest BCUT2D eigenvalue weighted by Crippen LogP contribution is 2.41. The van der Waals surface area contributed by atoms with Crippen LogP contribution in [0.1, 0.15) is 43.0 Å². The van der Waals surface area contributed by atoms with Crippen molar-refractivity contribution in [2.75, 3.05) is 7.05 Å². The molecular formula is C56H49N5. The van der Waals surface area contributed by atoms with E-state index in [-0.39, 0.29) is 5.41 Å². The molecule has 1 N–H and O–H groups in total. The number of pyridine rings is 1. The van der Waals surface area contributed by atoms with E-state index in [0.29, 0.717) is 5.95 Å². The van der Waals surface area contributed by atoms with E-state index in [1.807, 2.05) is 31.4 Å². The number of nitrogens with zero attached hydrogens (tertiary/aromatic N) is 4. The molecule has 0 spiro atoms. The zero-order chi connectivity index (χ0) is 42.1. The Morgan fingerprint density at radius 1 is 0.557 bits per heavy atom. The number of aliphatic imine (C=N–C) groups is 1. The topological polar surface area (TPSA) is 55.1 Å². The Kier molecular flexibility index (Phi) is 10.5. The van der Waals surface area contributed by atoms with Gasteiger partial charge in [-0.1, -0.05) is 154 Å². The molecule has 0 aliphatic rings. The highest BCUT2D eigenvalue weighted by Gasteiger charge is 2.23. The van der Waals surface area contributed by atoms with Gasteiger partial charge in [-0.05, 0) is 112 Å². The van der Waals surface area contributed by atoms with Crippen molar-refractivity contribution in [2.45, 2.75) is 40.0 Å². The molecule has 0 atom stereocenters. The van der Waals surface area contributed by atoms with E-state index in [2.05, 4.69) is 202 Å². The van der Waals surface area contributed by atoms with Gasteiger partial charge in [0.1, 0.15) is 5.84 Å². The lowest BCUT2D eigenvalue weighted by molar-refractivity contribution is 0.590. The summed E-state index contributed by atoms with van der Waals surface area (Å²) < 4.78 is 2.22.